The highest BCUT2D eigenvalue weighted by Crippen LogP contribution is 2.39. The van der Waals surface area contributed by atoms with Crippen LogP contribution in [0.25, 0.3) is 0 Å². The number of benzene rings is 1. The Balaban J connectivity index is 1.65. The molecule has 2 fully saturated rings. The van der Waals surface area contributed by atoms with Crippen molar-refractivity contribution in [2.24, 2.45) is 11.8 Å². The number of urea groups is 1. The van der Waals surface area contributed by atoms with Crippen molar-refractivity contribution in [3.63, 3.8) is 0 Å². The molecule has 1 heterocycles. The summed E-state index contributed by atoms with van der Waals surface area (Å²) in [4.78, 5) is 36.8. The maximum atomic E-state index is 12.2. The summed E-state index contributed by atoms with van der Waals surface area (Å²) in [6.45, 7) is 1.48. The number of nitrogens with zero attached hydrogens (tertiary/aromatic N) is 1. The van der Waals surface area contributed by atoms with Crippen LogP contribution >= 0.6 is 0 Å². The topological polar surface area (TPSA) is 98.7 Å². The number of nitrogens with one attached hydrogen (secondary N) is 2. The van der Waals surface area contributed by atoms with Gasteiger partial charge in [-0.25, -0.2) is 4.79 Å². The van der Waals surface area contributed by atoms with Crippen molar-refractivity contribution < 1.29 is 19.5 Å². The first kappa shape index (κ1) is 15.3. The first-order valence-corrected chi connectivity index (χ1v) is 7.75. The summed E-state index contributed by atoms with van der Waals surface area (Å²) in [6.07, 6.45) is 2.37. The molecule has 3 amide bonds. The van der Waals surface area contributed by atoms with Crippen molar-refractivity contribution in [1.29, 1.82) is 0 Å². The first-order chi connectivity index (χ1) is 11.1. The fourth-order valence-corrected chi connectivity index (χ4v) is 2.80. The van der Waals surface area contributed by atoms with Gasteiger partial charge in [-0.05, 0) is 31.4 Å². The molecular weight excluding hydrogens is 298 g/mol. The molecule has 7 nitrogen and oxygen atoms in total. The Bertz CT molecular complexity index is 640. The molecule has 23 heavy (non-hydrogen) atoms. The molecule has 2 aliphatic rings. The Morgan fingerprint density at radius 1 is 1.00 bits per heavy atom. The lowest BCUT2D eigenvalue weighted by molar-refractivity contribution is -0.139. The molecule has 1 saturated carbocycles. The van der Waals surface area contributed by atoms with Crippen molar-refractivity contribution in [2.45, 2.75) is 19.3 Å². The average Bonchev–Trinajstić information content (AvgIpc) is 3.15. The summed E-state index contributed by atoms with van der Waals surface area (Å²) in [6, 6.07) is 6.75. The van der Waals surface area contributed by atoms with Gasteiger partial charge in [0.15, 0.2) is 0 Å². The minimum absolute atomic E-state index is 0.181. The number of likely N-dealkylation sites (tertiary alicyclic amines) is 1. The second-order valence-corrected chi connectivity index (χ2v) is 5.95. The van der Waals surface area contributed by atoms with Crippen molar-refractivity contribution >= 4 is 29.3 Å². The Morgan fingerprint density at radius 3 is 2.17 bits per heavy atom. The molecule has 1 aliphatic heterocycles. The number of carboxylic acids is 1. The molecular formula is C16H19N3O4. The van der Waals surface area contributed by atoms with Gasteiger partial charge in [0.05, 0.1) is 23.2 Å². The molecule has 1 saturated heterocycles. The quantitative estimate of drug-likeness (QED) is 0.790. The maximum absolute atomic E-state index is 12.2. The number of para-hydroxylation sites is 2. The highest BCUT2D eigenvalue weighted by Gasteiger charge is 2.48. The summed E-state index contributed by atoms with van der Waals surface area (Å²) in [5.41, 5.74) is 1.01. The van der Waals surface area contributed by atoms with Gasteiger partial charge >= 0.3 is 12.0 Å². The van der Waals surface area contributed by atoms with Crippen molar-refractivity contribution in [1.82, 2.24) is 4.90 Å². The second-order valence-electron chi connectivity index (χ2n) is 5.95. The zero-order valence-corrected chi connectivity index (χ0v) is 12.6. The van der Waals surface area contributed by atoms with Gasteiger partial charge in [-0.2, -0.15) is 0 Å². The van der Waals surface area contributed by atoms with Crippen LogP contribution in [0.15, 0.2) is 24.3 Å². The maximum Gasteiger partial charge on any atom is 0.321 e. The van der Waals surface area contributed by atoms with Gasteiger partial charge in [-0.1, -0.05) is 12.1 Å². The van der Waals surface area contributed by atoms with Gasteiger partial charge in [0.1, 0.15) is 0 Å². The van der Waals surface area contributed by atoms with Crippen LogP contribution in [0.3, 0.4) is 0 Å². The lowest BCUT2D eigenvalue weighted by Gasteiger charge is -2.18. The van der Waals surface area contributed by atoms with Crippen LogP contribution in [0.1, 0.15) is 19.3 Å². The number of carboxylic acid groups (broad SMARTS) is 1. The van der Waals surface area contributed by atoms with E-state index in [2.05, 4.69) is 10.6 Å². The molecule has 1 aliphatic carbocycles. The predicted molar refractivity (Wildman–Crippen MR) is 84.1 cm³/mol. The average molecular weight is 317 g/mol. The van der Waals surface area contributed by atoms with Gasteiger partial charge in [0.25, 0.3) is 0 Å². The van der Waals surface area contributed by atoms with E-state index in [0.29, 0.717) is 17.8 Å². The Labute approximate surface area is 133 Å². The molecule has 0 spiro atoms. The number of hydrogen-bond acceptors (Lipinski definition) is 3. The fraction of sp³-hybridized carbons (Fsp3) is 0.438. The number of amides is 3. The molecule has 3 rings (SSSR count). The third kappa shape index (κ3) is 3.44. The van der Waals surface area contributed by atoms with E-state index in [0.717, 1.165) is 25.9 Å². The summed E-state index contributed by atoms with van der Waals surface area (Å²) >= 11 is 0. The zero-order valence-electron chi connectivity index (χ0n) is 12.6. The fourth-order valence-electron chi connectivity index (χ4n) is 2.80. The molecule has 0 aromatic heterocycles. The van der Waals surface area contributed by atoms with E-state index in [1.807, 2.05) is 0 Å². The number of hydrogen-bond donors (Lipinski definition) is 3. The molecule has 0 radical (unpaired) electrons. The van der Waals surface area contributed by atoms with E-state index in [4.69, 9.17) is 5.11 Å². The minimum Gasteiger partial charge on any atom is -0.481 e. The Kier molecular flexibility index (Phi) is 4.18. The van der Waals surface area contributed by atoms with E-state index >= 15 is 0 Å². The molecule has 7 heteroatoms. The van der Waals surface area contributed by atoms with Crippen LogP contribution in [0.5, 0.6) is 0 Å². The van der Waals surface area contributed by atoms with Gasteiger partial charge in [-0.3, -0.25) is 9.59 Å². The summed E-state index contributed by atoms with van der Waals surface area (Å²) < 4.78 is 0. The van der Waals surface area contributed by atoms with Crippen molar-refractivity contribution in [3.05, 3.63) is 24.3 Å². The molecule has 1 aromatic rings. The molecule has 0 unspecified atom stereocenters. The van der Waals surface area contributed by atoms with E-state index in [-0.39, 0.29) is 11.9 Å². The van der Waals surface area contributed by atoms with E-state index in [9.17, 15) is 14.4 Å². The largest absolute Gasteiger partial charge is 0.481 e. The van der Waals surface area contributed by atoms with Crippen LogP contribution in [0, 0.1) is 11.8 Å². The van der Waals surface area contributed by atoms with Crippen LogP contribution < -0.4 is 10.6 Å². The lowest BCUT2D eigenvalue weighted by Crippen LogP contribution is -2.32. The standard InChI is InChI=1S/C16H19N3O4/c20-14(10-9-11(10)15(21)22)17-12-5-1-2-6-13(12)18-16(23)19-7-3-4-8-19/h1-2,5-6,10-11H,3-4,7-9H2,(H,17,20)(H,18,23)(H,21,22)/t10-,11-/m1/s1. The summed E-state index contributed by atoms with van der Waals surface area (Å²) in [5.74, 6) is -2.35. The third-order valence-corrected chi connectivity index (χ3v) is 4.26. The Morgan fingerprint density at radius 2 is 1.61 bits per heavy atom. The van der Waals surface area contributed by atoms with Gasteiger partial charge in [0.2, 0.25) is 5.91 Å². The van der Waals surface area contributed by atoms with Crippen LogP contribution in [-0.4, -0.2) is 41.0 Å². The van der Waals surface area contributed by atoms with Crippen LogP contribution in [0.4, 0.5) is 16.2 Å². The number of anilines is 2. The van der Waals surface area contributed by atoms with E-state index < -0.39 is 17.8 Å². The second kappa shape index (κ2) is 6.28. The van der Waals surface area contributed by atoms with Crippen molar-refractivity contribution in [3.8, 4) is 0 Å². The lowest BCUT2D eigenvalue weighted by atomic mass is 10.2. The van der Waals surface area contributed by atoms with Crippen LogP contribution in [-0.2, 0) is 9.59 Å². The number of carbonyl (C=O) groups excluding carboxylic acids is 2. The molecule has 2 atom stereocenters. The minimum atomic E-state index is -0.944. The monoisotopic (exact) mass is 317 g/mol. The smallest absolute Gasteiger partial charge is 0.321 e. The first-order valence-electron chi connectivity index (χ1n) is 7.75. The Hall–Kier alpha value is -2.57. The molecule has 0 bridgehead atoms. The number of rotatable bonds is 4. The molecule has 122 valence electrons. The number of aliphatic carboxylic acids is 1. The molecule has 3 N–H and O–H groups in total. The summed E-state index contributed by atoms with van der Waals surface area (Å²) in [5, 5.41) is 14.4. The van der Waals surface area contributed by atoms with Gasteiger partial charge < -0.3 is 20.6 Å². The highest BCUT2D eigenvalue weighted by molar-refractivity contribution is 6.02. The van der Waals surface area contributed by atoms with E-state index in [1.54, 1.807) is 29.2 Å². The summed E-state index contributed by atoms with van der Waals surface area (Å²) in [7, 11) is 0. The highest BCUT2D eigenvalue weighted by atomic mass is 16.4. The SMILES string of the molecule is O=C(O)[C@@H]1C[C@H]1C(=O)Nc1ccccc1NC(=O)N1CCCC1. The van der Waals surface area contributed by atoms with Gasteiger partial charge in [0, 0.05) is 13.1 Å². The normalized spacial score (nSPS) is 22.5. The van der Waals surface area contributed by atoms with Crippen LogP contribution in [0.2, 0.25) is 0 Å². The van der Waals surface area contributed by atoms with Gasteiger partial charge in [-0.15, -0.1) is 0 Å². The predicted octanol–water partition coefficient (Wildman–Crippen LogP) is 1.97. The van der Waals surface area contributed by atoms with E-state index in [1.165, 1.54) is 0 Å². The zero-order chi connectivity index (χ0) is 16.4. The third-order valence-electron chi connectivity index (χ3n) is 4.26. The molecule has 1 aromatic carbocycles. The van der Waals surface area contributed by atoms with Crippen molar-refractivity contribution in [2.75, 3.05) is 23.7 Å². The number of carbonyl (C=O) groups is 3.